The van der Waals surface area contributed by atoms with Crippen molar-refractivity contribution in [2.45, 2.75) is 46.3 Å². The highest BCUT2D eigenvalue weighted by molar-refractivity contribution is 6.30. The highest BCUT2D eigenvalue weighted by Gasteiger charge is 2.16. The maximum Gasteiger partial charge on any atom is 0.407 e. The van der Waals surface area contributed by atoms with Gasteiger partial charge in [-0.2, -0.15) is 0 Å². The first-order chi connectivity index (χ1) is 9.17. The third-order valence-corrected chi connectivity index (χ3v) is 2.78. The molecule has 0 spiro atoms. The number of alkyl carbamates (subject to hydrolysis) is 1. The van der Waals surface area contributed by atoms with Gasteiger partial charge in [-0.25, -0.2) is 4.79 Å². The van der Waals surface area contributed by atoms with E-state index in [1.165, 1.54) is 0 Å². The number of carbonyl (C=O) groups excluding carboxylic acids is 1. The number of aryl methyl sites for hydroxylation is 1. The van der Waals surface area contributed by atoms with E-state index in [-0.39, 0.29) is 6.04 Å². The van der Waals surface area contributed by atoms with Crippen LogP contribution in [0.4, 0.5) is 10.5 Å². The van der Waals surface area contributed by atoms with E-state index in [0.717, 1.165) is 11.3 Å². The van der Waals surface area contributed by atoms with Crippen LogP contribution in [0, 0.1) is 6.92 Å². The molecule has 0 fully saturated rings. The van der Waals surface area contributed by atoms with Gasteiger partial charge in [0.2, 0.25) is 0 Å². The predicted molar refractivity (Wildman–Crippen MR) is 83.5 cm³/mol. The molecule has 0 aromatic heterocycles. The number of anilines is 1. The summed E-state index contributed by atoms with van der Waals surface area (Å²) in [6, 6.07) is 5.76. The quantitative estimate of drug-likeness (QED) is 0.884. The summed E-state index contributed by atoms with van der Waals surface area (Å²) in [4.78, 5) is 11.5. The van der Waals surface area contributed by atoms with Crippen LogP contribution in [-0.2, 0) is 4.74 Å². The van der Waals surface area contributed by atoms with Gasteiger partial charge in [-0.05, 0) is 58.4 Å². The van der Waals surface area contributed by atoms with Crippen molar-refractivity contribution in [3.05, 3.63) is 28.8 Å². The molecule has 0 saturated heterocycles. The number of hydrogen-bond acceptors (Lipinski definition) is 3. The number of benzene rings is 1. The van der Waals surface area contributed by atoms with Gasteiger partial charge in [-0.3, -0.25) is 0 Å². The average molecular weight is 299 g/mol. The molecule has 1 aromatic rings. The molecule has 1 amide bonds. The highest BCUT2D eigenvalue weighted by atomic mass is 35.5. The van der Waals surface area contributed by atoms with Crippen molar-refractivity contribution in [1.82, 2.24) is 5.32 Å². The van der Waals surface area contributed by atoms with Crippen molar-refractivity contribution < 1.29 is 9.53 Å². The van der Waals surface area contributed by atoms with Crippen LogP contribution in [0.1, 0.15) is 33.3 Å². The molecule has 0 heterocycles. The fourth-order valence-electron chi connectivity index (χ4n) is 1.66. The van der Waals surface area contributed by atoms with Gasteiger partial charge in [-0.1, -0.05) is 11.6 Å². The Bertz CT molecular complexity index is 469. The zero-order valence-corrected chi connectivity index (χ0v) is 13.5. The molecule has 5 heteroatoms. The molecule has 0 aliphatic rings. The number of carbonyl (C=O) groups is 1. The molecule has 0 radical (unpaired) electrons. The molecule has 112 valence electrons. The van der Waals surface area contributed by atoms with Crippen molar-refractivity contribution in [3.8, 4) is 0 Å². The van der Waals surface area contributed by atoms with Crippen LogP contribution in [0.25, 0.3) is 0 Å². The van der Waals surface area contributed by atoms with Crippen molar-refractivity contribution >= 4 is 23.4 Å². The Morgan fingerprint density at radius 2 is 2.05 bits per heavy atom. The van der Waals surface area contributed by atoms with Gasteiger partial charge in [-0.15, -0.1) is 0 Å². The van der Waals surface area contributed by atoms with Gasteiger partial charge in [0.1, 0.15) is 5.60 Å². The summed E-state index contributed by atoms with van der Waals surface area (Å²) in [7, 11) is 0. The van der Waals surface area contributed by atoms with E-state index in [1.807, 2.05) is 52.8 Å². The van der Waals surface area contributed by atoms with Crippen LogP contribution in [0.15, 0.2) is 18.2 Å². The Kier molecular flexibility index (Phi) is 5.69. The highest BCUT2D eigenvalue weighted by Crippen LogP contribution is 2.20. The molecular weight excluding hydrogens is 276 g/mol. The molecule has 1 aromatic carbocycles. The lowest BCUT2D eigenvalue weighted by Gasteiger charge is -2.22. The van der Waals surface area contributed by atoms with Crippen molar-refractivity contribution in [1.29, 1.82) is 0 Å². The summed E-state index contributed by atoms with van der Waals surface area (Å²) in [6.07, 6.45) is -0.404. The van der Waals surface area contributed by atoms with E-state index in [9.17, 15) is 4.79 Å². The lowest BCUT2D eigenvalue weighted by Crippen LogP contribution is -2.38. The van der Waals surface area contributed by atoms with Crippen LogP contribution in [0.3, 0.4) is 0 Å². The lowest BCUT2D eigenvalue weighted by molar-refractivity contribution is 0.0526. The van der Waals surface area contributed by atoms with Crippen LogP contribution < -0.4 is 10.6 Å². The topological polar surface area (TPSA) is 50.4 Å². The number of halogens is 1. The zero-order valence-electron chi connectivity index (χ0n) is 12.7. The van der Waals surface area contributed by atoms with E-state index in [0.29, 0.717) is 11.6 Å². The fourth-order valence-corrected chi connectivity index (χ4v) is 1.88. The molecule has 0 bridgehead atoms. The maximum atomic E-state index is 11.5. The summed E-state index contributed by atoms with van der Waals surface area (Å²) in [6.45, 7) is 9.98. The third-order valence-electron chi connectivity index (χ3n) is 2.54. The third kappa shape index (κ3) is 6.15. The molecule has 2 N–H and O–H groups in total. The van der Waals surface area contributed by atoms with Gasteiger partial charge in [0.15, 0.2) is 0 Å². The van der Waals surface area contributed by atoms with Gasteiger partial charge in [0.05, 0.1) is 0 Å². The molecule has 0 aliphatic carbocycles. The molecule has 1 atom stereocenters. The first-order valence-electron chi connectivity index (χ1n) is 6.67. The first kappa shape index (κ1) is 16.6. The molecule has 1 rings (SSSR count). The summed E-state index contributed by atoms with van der Waals surface area (Å²) in [5.41, 5.74) is 1.60. The molecular formula is C15H23ClN2O2. The second-order valence-electron chi connectivity index (χ2n) is 5.89. The summed E-state index contributed by atoms with van der Waals surface area (Å²) in [5.74, 6) is 0. The van der Waals surface area contributed by atoms with Gasteiger partial charge in [0.25, 0.3) is 0 Å². The van der Waals surface area contributed by atoms with Crippen LogP contribution in [-0.4, -0.2) is 24.3 Å². The fraction of sp³-hybridized carbons (Fsp3) is 0.533. The first-order valence-corrected chi connectivity index (χ1v) is 7.05. The number of ether oxygens (including phenoxy) is 1. The second-order valence-corrected chi connectivity index (χ2v) is 6.32. The maximum absolute atomic E-state index is 11.5. The monoisotopic (exact) mass is 298 g/mol. The molecule has 4 nitrogen and oxygen atoms in total. The Hall–Kier alpha value is -1.42. The molecule has 20 heavy (non-hydrogen) atoms. The normalized spacial score (nSPS) is 12.7. The Morgan fingerprint density at radius 1 is 1.40 bits per heavy atom. The van der Waals surface area contributed by atoms with Crippen LogP contribution >= 0.6 is 11.6 Å². The second kappa shape index (κ2) is 6.84. The molecule has 1 unspecified atom stereocenters. The number of amides is 1. The van der Waals surface area contributed by atoms with E-state index in [1.54, 1.807) is 0 Å². The van der Waals surface area contributed by atoms with Crippen LogP contribution in [0.5, 0.6) is 0 Å². The Morgan fingerprint density at radius 3 is 2.60 bits per heavy atom. The Labute approximate surface area is 125 Å². The van der Waals surface area contributed by atoms with E-state index >= 15 is 0 Å². The minimum atomic E-state index is -0.479. The van der Waals surface area contributed by atoms with Crippen molar-refractivity contribution in [2.75, 3.05) is 11.9 Å². The van der Waals surface area contributed by atoms with E-state index in [2.05, 4.69) is 10.6 Å². The Balaban J connectivity index is 2.44. The molecule has 0 saturated carbocycles. The van der Waals surface area contributed by atoms with E-state index < -0.39 is 11.7 Å². The molecule has 0 aliphatic heterocycles. The van der Waals surface area contributed by atoms with Gasteiger partial charge in [0, 0.05) is 23.3 Å². The van der Waals surface area contributed by atoms with Crippen molar-refractivity contribution in [3.63, 3.8) is 0 Å². The standard InChI is InChI=1S/C15H23ClN2O2/c1-10-8-12(16)6-7-13(10)18-11(2)9-17-14(19)20-15(3,4)5/h6-8,11,18H,9H2,1-5H3,(H,17,19). The zero-order chi connectivity index (χ0) is 15.3. The minimum Gasteiger partial charge on any atom is -0.444 e. The smallest absolute Gasteiger partial charge is 0.407 e. The summed E-state index contributed by atoms with van der Waals surface area (Å²) >= 11 is 5.92. The number of rotatable bonds is 4. The predicted octanol–water partition coefficient (Wildman–Crippen LogP) is 3.97. The number of nitrogens with one attached hydrogen (secondary N) is 2. The van der Waals surface area contributed by atoms with E-state index in [4.69, 9.17) is 16.3 Å². The van der Waals surface area contributed by atoms with Crippen molar-refractivity contribution in [2.24, 2.45) is 0 Å². The lowest BCUT2D eigenvalue weighted by atomic mass is 10.2. The number of hydrogen-bond donors (Lipinski definition) is 2. The van der Waals surface area contributed by atoms with Gasteiger partial charge < -0.3 is 15.4 Å². The summed E-state index contributed by atoms with van der Waals surface area (Å²) in [5, 5.41) is 6.78. The minimum absolute atomic E-state index is 0.0855. The largest absolute Gasteiger partial charge is 0.444 e. The SMILES string of the molecule is Cc1cc(Cl)ccc1NC(C)CNC(=O)OC(C)(C)C. The average Bonchev–Trinajstić information content (AvgIpc) is 2.28. The summed E-state index contributed by atoms with van der Waals surface area (Å²) < 4.78 is 5.18. The van der Waals surface area contributed by atoms with Gasteiger partial charge >= 0.3 is 6.09 Å². The van der Waals surface area contributed by atoms with Crippen LogP contribution in [0.2, 0.25) is 5.02 Å².